The number of hydrogen-bond acceptors (Lipinski definition) is 9. The molecule has 4 aromatic rings. The van der Waals surface area contributed by atoms with Gasteiger partial charge in [0.15, 0.2) is 17.5 Å². The Kier molecular flexibility index (Phi) is 13.8. The molecule has 0 spiro atoms. The highest BCUT2D eigenvalue weighted by Gasteiger charge is 2.15. The zero-order valence-electron chi connectivity index (χ0n) is 26.4. The first-order chi connectivity index (χ1) is 22.5. The molecule has 0 saturated carbocycles. The molecule has 0 bridgehead atoms. The van der Waals surface area contributed by atoms with Crippen molar-refractivity contribution in [2.75, 3.05) is 18.0 Å². The first-order valence-electron chi connectivity index (χ1n) is 15.1. The summed E-state index contributed by atoms with van der Waals surface area (Å²) >= 11 is 0. The molecular weight excluding hydrogens is 598 g/mol. The van der Waals surface area contributed by atoms with Crippen molar-refractivity contribution < 1.29 is 19.5 Å². The minimum absolute atomic E-state index is 0.000626. The van der Waals surface area contributed by atoms with Crippen LogP contribution in [-0.4, -0.2) is 50.3 Å². The molecule has 13 heteroatoms. The molecule has 4 rings (SSSR count). The number of anilines is 2. The maximum Gasteiger partial charge on any atom is 0.303 e. The molecule has 10 N–H and O–H groups in total. The van der Waals surface area contributed by atoms with Crippen LogP contribution in [0.4, 0.5) is 11.6 Å². The third-order valence-corrected chi connectivity index (χ3v) is 7.02. The first-order valence-corrected chi connectivity index (χ1v) is 15.1. The van der Waals surface area contributed by atoms with Crippen LogP contribution in [0.5, 0.6) is 0 Å². The number of guanidine groups is 1. The van der Waals surface area contributed by atoms with Gasteiger partial charge in [0.2, 0.25) is 5.91 Å². The number of nitrogens with zero attached hydrogens (tertiary/aromatic N) is 4. The molecule has 0 atom stereocenters. The highest BCUT2D eigenvalue weighted by Crippen LogP contribution is 2.21. The van der Waals surface area contributed by atoms with Crippen molar-refractivity contribution in [1.29, 1.82) is 0 Å². The van der Waals surface area contributed by atoms with E-state index in [9.17, 15) is 14.4 Å². The summed E-state index contributed by atoms with van der Waals surface area (Å²) in [5, 5.41) is 10.8. The largest absolute Gasteiger partial charge is 0.481 e. The van der Waals surface area contributed by atoms with Gasteiger partial charge in [-0.05, 0) is 79.0 Å². The number of rotatable bonds is 13. The predicted octanol–water partition coefficient (Wildman–Crippen LogP) is 3.20. The average Bonchev–Trinajstić information content (AvgIpc) is 3.05. The number of unbranched alkanes of at least 4 members (excludes halogenated alkanes) is 1. The smallest absolute Gasteiger partial charge is 0.303 e. The van der Waals surface area contributed by atoms with E-state index >= 15 is 0 Å². The van der Waals surface area contributed by atoms with Gasteiger partial charge >= 0.3 is 5.97 Å². The van der Waals surface area contributed by atoms with Gasteiger partial charge in [-0.1, -0.05) is 48.5 Å². The van der Waals surface area contributed by atoms with Crippen molar-refractivity contribution in [3.8, 4) is 11.1 Å². The summed E-state index contributed by atoms with van der Waals surface area (Å²) in [6, 6.07) is 20.3. The molecule has 0 aliphatic rings. The Hall–Kier alpha value is -5.85. The fourth-order valence-electron chi connectivity index (χ4n) is 4.36. The number of nitrogens with one attached hydrogen (secondary N) is 1. The number of hydrogen-bond donors (Lipinski definition) is 6. The van der Waals surface area contributed by atoms with Crippen LogP contribution in [0.15, 0.2) is 78.0 Å². The van der Waals surface area contributed by atoms with E-state index < -0.39 is 11.9 Å². The molecule has 0 fully saturated rings. The van der Waals surface area contributed by atoms with E-state index in [0.29, 0.717) is 31.5 Å². The summed E-state index contributed by atoms with van der Waals surface area (Å²) in [5.41, 5.74) is 28.4. The van der Waals surface area contributed by atoms with Gasteiger partial charge in [-0.15, -0.1) is 0 Å². The van der Waals surface area contributed by atoms with Gasteiger partial charge in [0, 0.05) is 31.8 Å². The molecule has 2 heterocycles. The summed E-state index contributed by atoms with van der Waals surface area (Å²) < 4.78 is 0. The van der Waals surface area contributed by atoms with Crippen LogP contribution in [-0.2, 0) is 28.9 Å². The van der Waals surface area contributed by atoms with Crippen LogP contribution < -0.4 is 28.3 Å². The highest BCUT2D eigenvalue weighted by atomic mass is 16.4. The van der Waals surface area contributed by atoms with Crippen LogP contribution in [0.25, 0.3) is 11.1 Å². The summed E-state index contributed by atoms with van der Waals surface area (Å²) in [6.45, 7) is 2.12. The van der Waals surface area contributed by atoms with Gasteiger partial charge in [-0.3, -0.25) is 29.7 Å². The van der Waals surface area contributed by atoms with Gasteiger partial charge in [0.1, 0.15) is 5.82 Å². The molecule has 47 heavy (non-hydrogen) atoms. The minimum Gasteiger partial charge on any atom is -0.481 e. The second kappa shape index (κ2) is 18.2. The van der Waals surface area contributed by atoms with Crippen LogP contribution in [0.2, 0.25) is 0 Å². The number of amides is 2. The van der Waals surface area contributed by atoms with Crippen molar-refractivity contribution in [3.05, 3.63) is 101 Å². The quantitative estimate of drug-likeness (QED) is 0.0709. The maximum atomic E-state index is 12.3. The fraction of sp³-hybridized carbons (Fsp3) is 0.265. The van der Waals surface area contributed by atoms with Crippen LogP contribution in [0.3, 0.4) is 0 Å². The molecule has 0 aliphatic heterocycles. The van der Waals surface area contributed by atoms with E-state index in [1.807, 2.05) is 24.3 Å². The SMILES string of the molecule is Cc1nc(C(=O)NC(N)=NCCCCc2ccc(-c3ccc(CCC(N)=O)cc3)cc2)c(N)nc1N.O=C(O)CCc1ccncc1. The molecule has 2 aromatic carbocycles. The Bertz CT molecular complexity index is 1660. The number of carbonyl (C=O) groups excluding carboxylic acids is 2. The van der Waals surface area contributed by atoms with Crippen molar-refractivity contribution in [2.24, 2.45) is 16.5 Å². The second-order valence-corrected chi connectivity index (χ2v) is 10.7. The van der Waals surface area contributed by atoms with E-state index in [0.717, 1.165) is 41.5 Å². The number of carboxylic acid groups (broad SMARTS) is 1. The van der Waals surface area contributed by atoms with E-state index in [2.05, 4.69) is 61.7 Å². The molecule has 0 radical (unpaired) electrons. The molecule has 0 saturated heterocycles. The van der Waals surface area contributed by atoms with Crippen LogP contribution in [0, 0.1) is 6.92 Å². The summed E-state index contributed by atoms with van der Waals surface area (Å²) in [7, 11) is 0. The monoisotopic (exact) mass is 639 g/mol. The number of carbonyl (C=O) groups is 3. The lowest BCUT2D eigenvalue weighted by atomic mass is 9.99. The summed E-state index contributed by atoms with van der Waals surface area (Å²) in [6.07, 6.45) is 7.75. The number of benzene rings is 2. The van der Waals surface area contributed by atoms with Gasteiger partial charge in [0.05, 0.1) is 5.69 Å². The number of aryl methyl sites for hydroxylation is 4. The van der Waals surface area contributed by atoms with E-state index in [1.54, 1.807) is 19.3 Å². The van der Waals surface area contributed by atoms with Gasteiger partial charge in [-0.25, -0.2) is 9.97 Å². The Labute approximate surface area is 273 Å². The molecule has 13 nitrogen and oxygen atoms in total. The topological polar surface area (TPSA) is 239 Å². The first kappa shape index (κ1) is 35.6. The number of primary amides is 1. The number of aliphatic imine (C=N–C) groups is 1. The Morgan fingerprint density at radius 2 is 1.30 bits per heavy atom. The minimum atomic E-state index is -0.762. The van der Waals surface area contributed by atoms with Crippen molar-refractivity contribution in [2.45, 2.75) is 51.9 Å². The molecule has 0 unspecified atom stereocenters. The normalized spacial score (nSPS) is 10.9. The zero-order valence-corrected chi connectivity index (χ0v) is 26.4. The van der Waals surface area contributed by atoms with Gasteiger partial charge in [0.25, 0.3) is 5.91 Å². The predicted molar refractivity (Wildman–Crippen MR) is 182 cm³/mol. The number of aliphatic carboxylic acids is 1. The summed E-state index contributed by atoms with van der Waals surface area (Å²) in [4.78, 5) is 49.4. The molecule has 2 aromatic heterocycles. The number of aromatic nitrogens is 3. The van der Waals surface area contributed by atoms with E-state index in [-0.39, 0.29) is 35.6 Å². The third-order valence-electron chi connectivity index (χ3n) is 7.02. The lowest BCUT2D eigenvalue weighted by molar-refractivity contribution is -0.137. The van der Waals surface area contributed by atoms with Gasteiger partial charge in [-0.2, -0.15) is 0 Å². The number of pyridine rings is 1. The lowest BCUT2D eigenvalue weighted by Gasteiger charge is -2.08. The van der Waals surface area contributed by atoms with E-state index in [4.69, 9.17) is 28.0 Å². The molecule has 0 aliphatic carbocycles. The van der Waals surface area contributed by atoms with Gasteiger partial charge < -0.3 is 28.0 Å². The molecule has 246 valence electrons. The zero-order chi connectivity index (χ0) is 34.2. The number of nitrogens with two attached hydrogens (primary N) is 4. The average molecular weight is 640 g/mol. The Morgan fingerprint density at radius 1 is 0.745 bits per heavy atom. The van der Waals surface area contributed by atoms with Crippen molar-refractivity contribution >= 4 is 35.4 Å². The van der Waals surface area contributed by atoms with Crippen LogP contribution >= 0.6 is 0 Å². The lowest BCUT2D eigenvalue weighted by Crippen LogP contribution is -2.38. The fourth-order valence-corrected chi connectivity index (χ4v) is 4.36. The summed E-state index contributed by atoms with van der Waals surface area (Å²) in [5.74, 6) is -1.52. The highest BCUT2D eigenvalue weighted by molar-refractivity contribution is 6.06. The number of nitrogen functional groups attached to an aromatic ring is 2. The van der Waals surface area contributed by atoms with E-state index in [1.165, 1.54) is 5.56 Å². The van der Waals surface area contributed by atoms with Crippen molar-refractivity contribution in [3.63, 3.8) is 0 Å². The van der Waals surface area contributed by atoms with Crippen molar-refractivity contribution in [1.82, 2.24) is 20.3 Å². The number of carboxylic acids is 1. The standard InChI is InChI=1S/C26H32N8O2.C8H9NO2/c1-16-23(28)33-24(29)22(32-16)25(36)34-26(30)31-15-3-2-4-17-5-10-19(11-6-17)20-12-7-18(8-13-20)9-14-21(27)35;10-8(11)2-1-7-3-5-9-6-4-7/h5-8,10-13H,2-4,9,14-15H2,1H3,(H2,27,35)(H4,28,29,33)(H3,30,31,34,36);3-6H,1-2H2,(H,10,11). The molecular formula is C34H41N9O4. The molecule has 2 amide bonds. The van der Waals surface area contributed by atoms with Crippen LogP contribution in [0.1, 0.15) is 58.6 Å². The Morgan fingerprint density at radius 3 is 1.87 bits per heavy atom. The Balaban J connectivity index is 0.000000461. The second-order valence-electron chi connectivity index (χ2n) is 10.7. The maximum absolute atomic E-state index is 12.3. The third kappa shape index (κ3) is 12.6.